The average Bonchev–Trinajstić information content (AvgIpc) is 2.88. The Bertz CT molecular complexity index is 680. The molecule has 0 saturated carbocycles. The van der Waals surface area contributed by atoms with E-state index in [1.807, 2.05) is 0 Å². The SMILES string of the molecule is NS(=O)(=O)c1ccc(CNC(=O)Cn2cnnn2)cc1. The van der Waals surface area contributed by atoms with Crippen LogP contribution in [0, 0.1) is 0 Å². The van der Waals surface area contributed by atoms with Crippen LogP contribution in [0.5, 0.6) is 0 Å². The number of aromatic nitrogens is 4. The second kappa shape index (κ2) is 5.75. The lowest BCUT2D eigenvalue weighted by Crippen LogP contribution is -2.27. The van der Waals surface area contributed by atoms with Crippen LogP contribution in [0.1, 0.15) is 5.56 Å². The molecule has 0 aliphatic rings. The predicted octanol–water partition coefficient (Wildman–Crippen LogP) is -1.36. The summed E-state index contributed by atoms with van der Waals surface area (Å²) in [6, 6.07) is 5.93. The van der Waals surface area contributed by atoms with Crippen LogP contribution in [-0.2, 0) is 27.9 Å². The smallest absolute Gasteiger partial charge is 0.242 e. The molecule has 1 amide bonds. The molecule has 106 valence electrons. The van der Waals surface area contributed by atoms with Gasteiger partial charge in [0.05, 0.1) is 4.90 Å². The molecule has 1 aromatic carbocycles. The van der Waals surface area contributed by atoms with Crippen LogP contribution >= 0.6 is 0 Å². The van der Waals surface area contributed by atoms with Crippen molar-refractivity contribution in [1.29, 1.82) is 0 Å². The number of benzene rings is 1. The molecular formula is C10H12N6O3S. The molecule has 1 heterocycles. The third-order valence-electron chi connectivity index (χ3n) is 2.44. The molecule has 0 spiro atoms. The van der Waals surface area contributed by atoms with Crippen molar-refractivity contribution in [2.45, 2.75) is 18.0 Å². The Kier molecular flexibility index (Phi) is 4.05. The molecular weight excluding hydrogens is 284 g/mol. The van der Waals surface area contributed by atoms with E-state index in [1.54, 1.807) is 12.1 Å². The molecule has 0 radical (unpaired) electrons. The first kappa shape index (κ1) is 14.1. The van der Waals surface area contributed by atoms with Gasteiger partial charge in [-0.2, -0.15) is 0 Å². The summed E-state index contributed by atoms with van der Waals surface area (Å²) < 4.78 is 23.4. The third-order valence-corrected chi connectivity index (χ3v) is 3.37. The van der Waals surface area contributed by atoms with E-state index >= 15 is 0 Å². The van der Waals surface area contributed by atoms with Gasteiger partial charge in [-0.1, -0.05) is 12.1 Å². The summed E-state index contributed by atoms with van der Waals surface area (Å²) in [5, 5.41) is 18.0. The number of nitrogens with one attached hydrogen (secondary N) is 1. The van der Waals surface area contributed by atoms with E-state index in [0.717, 1.165) is 5.56 Å². The van der Waals surface area contributed by atoms with Gasteiger partial charge in [-0.05, 0) is 28.1 Å². The number of amides is 1. The fraction of sp³-hybridized carbons (Fsp3) is 0.200. The highest BCUT2D eigenvalue weighted by Crippen LogP contribution is 2.08. The van der Waals surface area contributed by atoms with Crippen molar-refractivity contribution in [2.24, 2.45) is 5.14 Å². The van der Waals surface area contributed by atoms with Gasteiger partial charge < -0.3 is 5.32 Å². The number of sulfonamides is 1. The number of primary sulfonamides is 1. The third kappa shape index (κ3) is 3.83. The van der Waals surface area contributed by atoms with Gasteiger partial charge in [-0.15, -0.1) is 5.10 Å². The van der Waals surface area contributed by atoms with Crippen LogP contribution in [-0.4, -0.2) is 34.5 Å². The Hall–Kier alpha value is -2.33. The number of carbonyl (C=O) groups excluding carboxylic acids is 1. The Morgan fingerprint density at radius 2 is 2.00 bits per heavy atom. The van der Waals surface area contributed by atoms with Gasteiger partial charge in [0, 0.05) is 6.54 Å². The second-order valence-electron chi connectivity index (χ2n) is 3.97. The van der Waals surface area contributed by atoms with Crippen LogP contribution in [0.25, 0.3) is 0 Å². The summed E-state index contributed by atoms with van der Waals surface area (Å²) in [6.07, 6.45) is 1.33. The molecule has 0 saturated heterocycles. The molecule has 1 aromatic heterocycles. The minimum atomic E-state index is -3.70. The molecule has 2 rings (SSSR count). The first-order valence-electron chi connectivity index (χ1n) is 5.54. The van der Waals surface area contributed by atoms with Crippen LogP contribution in [0.4, 0.5) is 0 Å². The number of nitrogens with zero attached hydrogens (tertiary/aromatic N) is 4. The highest BCUT2D eigenvalue weighted by Gasteiger charge is 2.07. The van der Waals surface area contributed by atoms with Crippen molar-refractivity contribution in [3.63, 3.8) is 0 Å². The van der Waals surface area contributed by atoms with E-state index in [2.05, 4.69) is 20.8 Å². The maximum absolute atomic E-state index is 11.6. The number of hydrogen-bond donors (Lipinski definition) is 2. The molecule has 0 aliphatic heterocycles. The summed E-state index contributed by atoms with van der Waals surface area (Å²) >= 11 is 0. The van der Waals surface area contributed by atoms with Gasteiger partial charge in [0.1, 0.15) is 12.9 Å². The Balaban J connectivity index is 1.89. The topological polar surface area (TPSA) is 133 Å². The largest absolute Gasteiger partial charge is 0.350 e. The summed E-state index contributed by atoms with van der Waals surface area (Å²) in [6.45, 7) is 0.286. The summed E-state index contributed by atoms with van der Waals surface area (Å²) in [5.41, 5.74) is 0.752. The fourth-order valence-electron chi connectivity index (χ4n) is 1.45. The van der Waals surface area contributed by atoms with Gasteiger partial charge in [-0.3, -0.25) is 4.79 Å². The quantitative estimate of drug-likeness (QED) is 0.700. The van der Waals surface area contributed by atoms with Crippen LogP contribution in [0.2, 0.25) is 0 Å². The molecule has 0 aliphatic carbocycles. The Morgan fingerprint density at radius 1 is 1.30 bits per heavy atom. The van der Waals surface area contributed by atoms with Crippen LogP contribution in [0.3, 0.4) is 0 Å². The van der Waals surface area contributed by atoms with E-state index < -0.39 is 10.0 Å². The summed E-state index contributed by atoms with van der Waals surface area (Å²) in [4.78, 5) is 11.6. The number of rotatable bonds is 5. The molecule has 3 N–H and O–H groups in total. The van der Waals surface area contributed by atoms with E-state index in [-0.39, 0.29) is 23.9 Å². The molecule has 10 heteroatoms. The lowest BCUT2D eigenvalue weighted by molar-refractivity contribution is -0.122. The normalized spacial score (nSPS) is 11.2. The van der Waals surface area contributed by atoms with Gasteiger partial charge in [-0.25, -0.2) is 18.2 Å². The average molecular weight is 296 g/mol. The highest BCUT2D eigenvalue weighted by molar-refractivity contribution is 7.89. The van der Waals surface area contributed by atoms with E-state index in [1.165, 1.54) is 23.1 Å². The minimum absolute atomic E-state index is 0.0161. The molecule has 0 fully saturated rings. The first-order valence-corrected chi connectivity index (χ1v) is 7.09. The Morgan fingerprint density at radius 3 is 2.55 bits per heavy atom. The van der Waals surface area contributed by atoms with Crippen molar-refractivity contribution in [3.8, 4) is 0 Å². The van der Waals surface area contributed by atoms with Crippen molar-refractivity contribution in [2.75, 3.05) is 0 Å². The highest BCUT2D eigenvalue weighted by atomic mass is 32.2. The monoisotopic (exact) mass is 296 g/mol. The predicted molar refractivity (Wildman–Crippen MR) is 67.5 cm³/mol. The standard InChI is InChI=1S/C10H12N6O3S/c11-20(18,19)9-3-1-8(2-4-9)5-12-10(17)6-16-7-13-14-15-16/h1-4,7H,5-6H2,(H,12,17)(H2,11,18,19). The minimum Gasteiger partial charge on any atom is -0.350 e. The van der Waals surface area contributed by atoms with Gasteiger partial charge in [0.15, 0.2) is 0 Å². The van der Waals surface area contributed by atoms with Crippen molar-refractivity contribution in [1.82, 2.24) is 25.5 Å². The molecule has 20 heavy (non-hydrogen) atoms. The molecule has 2 aromatic rings. The lowest BCUT2D eigenvalue weighted by atomic mass is 10.2. The van der Waals surface area contributed by atoms with Crippen LogP contribution in [0.15, 0.2) is 35.5 Å². The van der Waals surface area contributed by atoms with E-state index in [9.17, 15) is 13.2 Å². The molecule has 0 bridgehead atoms. The van der Waals surface area contributed by atoms with Crippen molar-refractivity contribution in [3.05, 3.63) is 36.2 Å². The zero-order valence-electron chi connectivity index (χ0n) is 10.3. The number of nitrogens with two attached hydrogens (primary N) is 1. The summed E-state index contributed by atoms with van der Waals surface area (Å²) in [7, 11) is -3.70. The van der Waals surface area contributed by atoms with Crippen molar-refractivity contribution < 1.29 is 13.2 Å². The maximum atomic E-state index is 11.6. The lowest BCUT2D eigenvalue weighted by Gasteiger charge is -2.05. The zero-order valence-corrected chi connectivity index (χ0v) is 11.1. The molecule has 0 atom stereocenters. The number of tetrazole rings is 1. The number of carbonyl (C=O) groups is 1. The van der Waals surface area contributed by atoms with Crippen LogP contribution < -0.4 is 10.5 Å². The second-order valence-corrected chi connectivity index (χ2v) is 5.53. The Labute approximate surface area is 114 Å². The maximum Gasteiger partial charge on any atom is 0.242 e. The molecule has 0 unspecified atom stereocenters. The van der Waals surface area contributed by atoms with Crippen molar-refractivity contribution >= 4 is 15.9 Å². The van der Waals surface area contributed by atoms with E-state index in [4.69, 9.17) is 5.14 Å². The zero-order chi connectivity index (χ0) is 14.6. The summed E-state index contributed by atoms with van der Waals surface area (Å²) in [5.74, 6) is -0.257. The first-order chi connectivity index (χ1) is 9.45. The van der Waals surface area contributed by atoms with Gasteiger partial charge >= 0.3 is 0 Å². The molecule has 9 nitrogen and oxygen atoms in total. The number of hydrogen-bond acceptors (Lipinski definition) is 6. The van der Waals surface area contributed by atoms with E-state index in [0.29, 0.717) is 0 Å². The van der Waals surface area contributed by atoms with Gasteiger partial charge in [0.25, 0.3) is 0 Å². The fourth-order valence-corrected chi connectivity index (χ4v) is 1.97. The van der Waals surface area contributed by atoms with Gasteiger partial charge in [0.2, 0.25) is 15.9 Å².